The minimum Gasteiger partial charge on any atom is -0.382 e. The van der Waals surface area contributed by atoms with Crippen molar-refractivity contribution in [3.05, 3.63) is 0 Å². The highest BCUT2D eigenvalue weighted by atomic mass is 19.1. The van der Waals surface area contributed by atoms with Gasteiger partial charge in [-0.1, -0.05) is 6.92 Å². The van der Waals surface area contributed by atoms with Crippen molar-refractivity contribution >= 4 is 11.9 Å². The number of rotatable bonds is 8. The number of alkyl halides is 1. The number of hydrazine groups is 1. The van der Waals surface area contributed by atoms with E-state index >= 15 is 0 Å². The zero-order valence-corrected chi connectivity index (χ0v) is 19.0. The van der Waals surface area contributed by atoms with Gasteiger partial charge in [0.15, 0.2) is 5.96 Å². The van der Waals surface area contributed by atoms with Crippen molar-refractivity contribution in [2.45, 2.75) is 77.4 Å². The third kappa shape index (κ3) is 7.08. The molecule has 3 rings (SSSR count). The molecule has 0 aromatic carbocycles. The molecular formula is C21H39FN6O3. The molecule has 2 aliphatic heterocycles. The first kappa shape index (κ1) is 24.3. The quantitative estimate of drug-likeness (QED) is 0.217. The average molecular weight is 443 g/mol. The number of carbonyl (C=O) groups is 1. The number of aliphatic imine (C=N–C) groups is 1. The maximum absolute atomic E-state index is 14.2. The molecule has 1 saturated carbocycles. The van der Waals surface area contributed by atoms with Crippen LogP contribution in [-0.4, -0.2) is 62.7 Å². The third-order valence-electron chi connectivity index (χ3n) is 6.59. The van der Waals surface area contributed by atoms with Gasteiger partial charge in [0.25, 0.3) is 0 Å². The van der Waals surface area contributed by atoms with Gasteiger partial charge < -0.3 is 10.1 Å². The van der Waals surface area contributed by atoms with Gasteiger partial charge in [-0.2, -0.15) is 0 Å². The fourth-order valence-corrected chi connectivity index (χ4v) is 4.47. The number of hydrogen-bond acceptors (Lipinski definition) is 7. The monoisotopic (exact) mass is 442 g/mol. The number of hydroxylamine groups is 1. The van der Waals surface area contributed by atoms with Crippen LogP contribution in [0.1, 0.15) is 52.9 Å². The zero-order valence-electron chi connectivity index (χ0n) is 19.0. The van der Waals surface area contributed by atoms with E-state index in [0.29, 0.717) is 44.6 Å². The standard InChI is InChI=1S/C21H39FN6O3/c1-4-30-9-5-8-23-21(26-20(29)16-12-24-31-14(16)3)25-19-11-18(27-28-19)15-7-6-13(2)17(22)10-15/h13-19,24,27-28H,4-12H2,1-3H3,(H2,23,25,26,29). The fourth-order valence-electron chi connectivity index (χ4n) is 4.47. The van der Waals surface area contributed by atoms with E-state index in [9.17, 15) is 9.18 Å². The maximum atomic E-state index is 14.2. The molecule has 7 atom stereocenters. The summed E-state index contributed by atoms with van der Waals surface area (Å²) in [7, 11) is 0. The molecule has 0 radical (unpaired) electrons. The summed E-state index contributed by atoms with van der Waals surface area (Å²) in [6.07, 6.45) is 3.13. The fraction of sp³-hybridized carbons (Fsp3) is 0.905. The van der Waals surface area contributed by atoms with Gasteiger partial charge in [-0.25, -0.2) is 15.3 Å². The van der Waals surface area contributed by atoms with Gasteiger partial charge in [0.2, 0.25) is 5.91 Å². The Kier molecular flexibility index (Phi) is 9.46. The Morgan fingerprint density at radius 1 is 1.26 bits per heavy atom. The van der Waals surface area contributed by atoms with E-state index < -0.39 is 6.17 Å². The van der Waals surface area contributed by atoms with Gasteiger partial charge >= 0.3 is 0 Å². The molecule has 1 amide bonds. The van der Waals surface area contributed by atoms with Crippen LogP contribution < -0.4 is 27.0 Å². The van der Waals surface area contributed by atoms with Crippen LogP contribution in [0.4, 0.5) is 4.39 Å². The van der Waals surface area contributed by atoms with Crippen molar-refractivity contribution in [2.75, 3.05) is 26.3 Å². The number of carbonyl (C=O) groups excluding carboxylic acids is 1. The zero-order chi connectivity index (χ0) is 22.2. The van der Waals surface area contributed by atoms with Crippen LogP contribution >= 0.6 is 0 Å². The van der Waals surface area contributed by atoms with Crippen molar-refractivity contribution in [3.8, 4) is 0 Å². The summed E-state index contributed by atoms with van der Waals surface area (Å²) in [6, 6.07) is 0.200. The first-order valence-electron chi connectivity index (χ1n) is 11.7. The van der Waals surface area contributed by atoms with Gasteiger partial charge in [-0.15, -0.1) is 0 Å². The first-order chi connectivity index (χ1) is 15.0. The lowest BCUT2D eigenvalue weighted by Gasteiger charge is -2.32. The molecule has 178 valence electrons. The highest BCUT2D eigenvalue weighted by Crippen LogP contribution is 2.34. The van der Waals surface area contributed by atoms with Gasteiger partial charge in [0, 0.05) is 32.3 Å². The normalized spacial score (nSPS) is 36.5. The molecule has 10 heteroatoms. The lowest BCUT2D eigenvalue weighted by molar-refractivity contribution is -0.124. The van der Waals surface area contributed by atoms with E-state index in [-0.39, 0.29) is 36.1 Å². The van der Waals surface area contributed by atoms with E-state index in [1.165, 1.54) is 0 Å². The molecule has 2 saturated heterocycles. The molecule has 3 fully saturated rings. The van der Waals surface area contributed by atoms with Crippen molar-refractivity contribution in [2.24, 2.45) is 22.7 Å². The summed E-state index contributed by atoms with van der Waals surface area (Å²) >= 11 is 0. The molecular weight excluding hydrogens is 403 g/mol. The van der Waals surface area contributed by atoms with Crippen LogP contribution in [0.15, 0.2) is 4.99 Å². The molecule has 7 unspecified atom stereocenters. The van der Waals surface area contributed by atoms with Crippen LogP contribution in [0.5, 0.6) is 0 Å². The predicted molar refractivity (Wildman–Crippen MR) is 117 cm³/mol. The summed E-state index contributed by atoms with van der Waals surface area (Å²) in [5.74, 6) is 0.512. The molecule has 3 aliphatic rings. The highest BCUT2D eigenvalue weighted by Gasteiger charge is 2.37. The minimum absolute atomic E-state index is 0.0938. The van der Waals surface area contributed by atoms with Crippen LogP contribution in [0, 0.1) is 17.8 Å². The van der Waals surface area contributed by atoms with E-state index in [4.69, 9.17) is 9.57 Å². The molecule has 9 nitrogen and oxygen atoms in total. The van der Waals surface area contributed by atoms with Crippen LogP contribution in [0.25, 0.3) is 0 Å². The smallest absolute Gasteiger partial charge is 0.233 e. The number of nitrogens with one attached hydrogen (secondary N) is 5. The Morgan fingerprint density at radius 3 is 2.81 bits per heavy atom. The second-order valence-electron chi connectivity index (χ2n) is 8.94. The third-order valence-corrected chi connectivity index (χ3v) is 6.59. The summed E-state index contributed by atoms with van der Waals surface area (Å²) in [4.78, 5) is 22.5. The second-order valence-corrected chi connectivity index (χ2v) is 8.94. The number of guanidine groups is 1. The lowest BCUT2D eigenvalue weighted by Crippen LogP contribution is -2.52. The van der Waals surface area contributed by atoms with E-state index in [2.05, 4.69) is 32.0 Å². The van der Waals surface area contributed by atoms with Crippen molar-refractivity contribution in [1.82, 2.24) is 27.0 Å². The average Bonchev–Trinajstić information content (AvgIpc) is 3.38. The number of ether oxygens (including phenoxy) is 1. The minimum atomic E-state index is -0.724. The van der Waals surface area contributed by atoms with E-state index in [0.717, 1.165) is 25.7 Å². The molecule has 5 N–H and O–H groups in total. The van der Waals surface area contributed by atoms with Crippen molar-refractivity contribution in [3.63, 3.8) is 0 Å². The van der Waals surface area contributed by atoms with Crippen molar-refractivity contribution in [1.29, 1.82) is 0 Å². The lowest BCUT2D eigenvalue weighted by atomic mass is 9.77. The molecule has 0 bridgehead atoms. The largest absolute Gasteiger partial charge is 0.382 e. The summed E-state index contributed by atoms with van der Waals surface area (Å²) in [6.45, 7) is 8.15. The number of hydrogen-bond donors (Lipinski definition) is 5. The topological polar surface area (TPSA) is 108 Å². The maximum Gasteiger partial charge on any atom is 0.233 e. The number of halogens is 1. The number of nitrogens with zero attached hydrogens (tertiary/aromatic N) is 1. The Hall–Kier alpha value is -1.33. The molecule has 0 aromatic rings. The SMILES string of the molecule is CCOCCCN=C(NC(=O)C1CNOC1C)NC1CC(C2CCC(C)C(F)C2)NN1. The van der Waals surface area contributed by atoms with Gasteiger partial charge in [0.05, 0.1) is 18.2 Å². The van der Waals surface area contributed by atoms with E-state index in [1.807, 2.05) is 20.8 Å². The molecule has 2 heterocycles. The number of amides is 1. The highest BCUT2D eigenvalue weighted by molar-refractivity contribution is 5.98. The first-order valence-corrected chi connectivity index (χ1v) is 11.7. The molecule has 0 spiro atoms. The molecule has 0 aromatic heterocycles. The van der Waals surface area contributed by atoms with E-state index in [1.54, 1.807) is 0 Å². The Bertz CT molecular complexity index is 610. The van der Waals surface area contributed by atoms with Gasteiger partial charge in [-0.3, -0.25) is 25.4 Å². The van der Waals surface area contributed by atoms with Gasteiger partial charge in [0.1, 0.15) is 6.17 Å². The Morgan fingerprint density at radius 2 is 2.10 bits per heavy atom. The van der Waals surface area contributed by atoms with Crippen LogP contribution in [-0.2, 0) is 14.4 Å². The molecule has 1 aliphatic carbocycles. The Labute approximate surface area is 184 Å². The van der Waals surface area contributed by atoms with Crippen LogP contribution in [0.2, 0.25) is 0 Å². The Balaban J connectivity index is 1.53. The summed E-state index contributed by atoms with van der Waals surface area (Å²) in [5.41, 5.74) is 9.34. The van der Waals surface area contributed by atoms with Gasteiger partial charge in [-0.05, 0) is 57.8 Å². The summed E-state index contributed by atoms with van der Waals surface area (Å²) < 4.78 is 19.6. The van der Waals surface area contributed by atoms with Crippen LogP contribution in [0.3, 0.4) is 0 Å². The molecule has 31 heavy (non-hydrogen) atoms. The second kappa shape index (κ2) is 12.1. The summed E-state index contributed by atoms with van der Waals surface area (Å²) in [5, 5.41) is 6.24. The van der Waals surface area contributed by atoms with Crippen molar-refractivity contribution < 1.29 is 18.8 Å². The predicted octanol–water partition coefficient (Wildman–Crippen LogP) is 0.981.